The van der Waals surface area contributed by atoms with E-state index < -0.39 is 37.6 Å². The molecule has 0 aromatic carbocycles. The Balaban J connectivity index is 5.41. The zero-order valence-corrected chi connectivity index (χ0v) is 29.2. The van der Waals surface area contributed by atoms with Crippen molar-refractivity contribution in [1.29, 1.82) is 0 Å². The van der Waals surface area contributed by atoms with Gasteiger partial charge >= 0.3 is 223 Å². The molecule has 0 radical (unpaired) electrons. The average molecular weight is 694 g/mol. The van der Waals surface area contributed by atoms with Crippen LogP contribution in [0.3, 0.4) is 0 Å². The summed E-state index contributed by atoms with van der Waals surface area (Å²) in [5.74, 6) is -0.597. The van der Waals surface area contributed by atoms with Gasteiger partial charge in [0.05, 0.1) is 0 Å². The van der Waals surface area contributed by atoms with Gasteiger partial charge in [0.1, 0.15) is 0 Å². The van der Waals surface area contributed by atoms with Gasteiger partial charge in [0, 0.05) is 0 Å². The van der Waals surface area contributed by atoms with E-state index in [0.717, 1.165) is 104 Å². The summed E-state index contributed by atoms with van der Waals surface area (Å²) >= 11 is -6.04. The van der Waals surface area contributed by atoms with Crippen LogP contribution in [0, 0.1) is 0 Å². The molecule has 0 N–H and O–H groups in total. The van der Waals surface area contributed by atoms with Crippen LogP contribution in [-0.2, 0) is 15.7 Å². The number of carbonyl (C=O) groups excluding carboxylic acids is 2. The van der Waals surface area contributed by atoms with Crippen molar-refractivity contribution in [1.82, 2.24) is 0 Å². The summed E-state index contributed by atoms with van der Waals surface area (Å²) in [7, 11) is 0. The molecule has 0 fully saturated rings. The minimum absolute atomic E-state index is 0.299. The Kier molecular flexibility index (Phi) is 21.5. The van der Waals surface area contributed by atoms with Crippen molar-refractivity contribution in [3.8, 4) is 0 Å². The number of rotatable bonds is 22. The third-order valence-corrected chi connectivity index (χ3v) is 32.2. The van der Waals surface area contributed by atoms with Crippen LogP contribution in [0.5, 0.6) is 0 Å². The number of carbonyl (C=O) groups is 2. The molecule has 0 unspecified atom stereocenters. The molecule has 0 bridgehead atoms. The number of hydrogen-bond acceptors (Lipinski definition) is 4. The predicted octanol–water partition coefficient (Wildman–Crippen LogP) is 9.32. The Labute approximate surface area is 221 Å². The summed E-state index contributed by atoms with van der Waals surface area (Å²) < 4.78 is 19.3. The second-order valence-corrected chi connectivity index (χ2v) is 33.4. The van der Waals surface area contributed by atoms with Crippen molar-refractivity contribution in [2.75, 3.05) is 0 Å². The quantitative estimate of drug-likeness (QED) is 0.0838. The third kappa shape index (κ3) is 15.4. The summed E-state index contributed by atoms with van der Waals surface area (Å²) in [6.07, 6.45) is 16.5. The van der Waals surface area contributed by atoms with Gasteiger partial charge in [-0.25, -0.2) is 0 Å². The van der Waals surface area contributed by atoms with Gasteiger partial charge in [-0.1, -0.05) is 0 Å². The molecular weight excluding hydrogens is 638 g/mol. The van der Waals surface area contributed by atoms with Gasteiger partial charge in [-0.2, -0.15) is 0 Å². The van der Waals surface area contributed by atoms with Crippen LogP contribution < -0.4 is 0 Å². The van der Waals surface area contributed by atoms with Crippen LogP contribution in [0.15, 0.2) is 12.2 Å². The van der Waals surface area contributed by atoms with Crippen molar-refractivity contribution in [3.05, 3.63) is 12.2 Å². The molecule has 0 saturated carbocycles. The zero-order valence-electron chi connectivity index (χ0n) is 23.5. The van der Waals surface area contributed by atoms with Gasteiger partial charge in [0.2, 0.25) is 0 Å². The van der Waals surface area contributed by atoms with Gasteiger partial charge in [0.25, 0.3) is 0 Å². The van der Waals surface area contributed by atoms with E-state index in [-0.39, 0.29) is 11.9 Å². The molecule has 0 rings (SSSR count). The molecule has 200 valence electrons. The molecule has 0 heterocycles. The second kappa shape index (κ2) is 21.4. The fraction of sp³-hybridized carbons (Fsp3) is 0.857. The van der Waals surface area contributed by atoms with E-state index in [1.165, 1.54) is 12.2 Å². The molecule has 4 nitrogen and oxygen atoms in total. The van der Waals surface area contributed by atoms with E-state index in [0.29, 0.717) is 0 Å². The SMILES string of the molecule is CCC[CH2][Sn]([CH2]CCC)([CH2]CCC)[O]C(=O)/C=C\C(=O)[O][Sn]([CH2]CCC)([CH2]CCC)[CH2]CCC. The molecule has 0 aliphatic rings. The Bertz CT molecular complexity index is 471. The normalized spacial score (nSPS) is 12.3. The molecular formula is C28H56O4Sn2. The molecule has 0 aromatic heterocycles. The minimum atomic E-state index is -3.02. The van der Waals surface area contributed by atoms with Crippen molar-refractivity contribution in [3.63, 3.8) is 0 Å². The Morgan fingerprint density at radius 1 is 0.471 bits per heavy atom. The van der Waals surface area contributed by atoms with Crippen molar-refractivity contribution < 1.29 is 15.7 Å². The van der Waals surface area contributed by atoms with Crippen LogP contribution in [-0.4, -0.2) is 49.5 Å². The molecule has 0 aliphatic carbocycles. The molecule has 0 aromatic rings. The first-order valence-corrected chi connectivity index (χ1v) is 28.9. The van der Waals surface area contributed by atoms with Gasteiger partial charge in [0.15, 0.2) is 0 Å². The molecule has 0 atom stereocenters. The maximum atomic E-state index is 12.9. The second-order valence-electron chi connectivity index (χ2n) is 10.2. The van der Waals surface area contributed by atoms with E-state index in [1.54, 1.807) is 0 Å². The van der Waals surface area contributed by atoms with Gasteiger partial charge in [-0.15, -0.1) is 0 Å². The van der Waals surface area contributed by atoms with E-state index >= 15 is 0 Å². The molecule has 0 aliphatic heterocycles. The zero-order chi connectivity index (χ0) is 25.7. The topological polar surface area (TPSA) is 52.6 Å². The van der Waals surface area contributed by atoms with Crippen LogP contribution in [0.4, 0.5) is 0 Å². The van der Waals surface area contributed by atoms with Crippen molar-refractivity contribution >= 4 is 49.5 Å². The maximum absolute atomic E-state index is 12.9. The van der Waals surface area contributed by atoms with E-state index in [2.05, 4.69) is 41.5 Å². The van der Waals surface area contributed by atoms with Gasteiger partial charge in [-0.3, -0.25) is 0 Å². The summed E-state index contributed by atoms with van der Waals surface area (Å²) in [6.45, 7) is 13.3. The summed E-state index contributed by atoms with van der Waals surface area (Å²) in [5, 5.41) is 0. The molecule has 0 saturated heterocycles. The van der Waals surface area contributed by atoms with E-state index in [1.807, 2.05) is 0 Å². The first-order valence-electron chi connectivity index (χ1n) is 14.5. The molecule has 0 spiro atoms. The van der Waals surface area contributed by atoms with Gasteiger partial charge < -0.3 is 0 Å². The summed E-state index contributed by atoms with van der Waals surface area (Å²) in [6, 6.07) is 0. The molecule has 0 amide bonds. The van der Waals surface area contributed by atoms with Crippen LogP contribution in [0.2, 0.25) is 26.6 Å². The Morgan fingerprint density at radius 3 is 0.853 bits per heavy atom. The summed E-state index contributed by atoms with van der Waals surface area (Å²) in [4.78, 5) is 25.8. The van der Waals surface area contributed by atoms with Crippen LogP contribution in [0.1, 0.15) is 119 Å². The average Bonchev–Trinajstić information content (AvgIpc) is 2.84. The fourth-order valence-corrected chi connectivity index (χ4v) is 30.6. The Hall–Kier alpha value is 0.277. The standard InChI is InChI=1S/C4H4O4.6C4H9.2Sn/c5-3(6)1-2-4(7)8;6*1-3-4-2;;/h1-2H,(H,5,6)(H,7,8);6*1,3-4H2,2H3;;/q;;;;;;;2*+1/p-2/b2-1-;;;;;;;;. The molecule has 6 heteroatoms. The van der Waals surface area contributed by atoms with E-state index in [9.17, 15) is 9.59 Å². The number of unbranched alkanes of at least 4 members (excludes halogenated alkanes) is 6. The van der Waals surface area contributed by atoms with Crippen LogP contribution >= 0.6 is 0 Å². The van der Waals surface area contributed by atoms with Crippen molar-refractivity contribution in [2.45, 2.75) is 145 Å². The number of hydrogen-bond donors (Lipinski definition) is 0. The predicted molar refractivity (Wildman–Crippen MR) is 151 cm³/mol. The summed E-state index contributed by atoms with van der Waals surface area (Å²) in [5.41, 5.74) is 0. The van der Waals surface area contributed by atoms with Gasteiger partial charge in [-0.05, 0) is 0 Å². The van der Waals surface area contributed by atoms with E-state index in [4.69, 9.17) is 6.15 Å². The first-order chi connectivity index (χ1) is 16.4. The fourth-order valence-electron chi connectivity index (χ4n) is 4.68. The Morgan fingerprint density at radius 2 is 0.676 bits per heavy atom. The monoisotopic (exact) mass is 696 g/mol. The first kappa shape index (κ1) is 34.3. The van der Waals surface area contributed by atoms with Crippen molar-refractivity contribution in [2.24, 2.45) is 0 Å². The molecule has 34 heavy (non-hydrogen) atoms. The third-order valence-electron chi connectivity index (χ3n) is 6.91. The van der Waals surface area contributed by atoms with Crippen LogP contribution in [0.25, 0.3) is 0 Å².